The van der Waals surface area contributed by atoms with Gasteiger partial charge in [0, 0.05) is 5.41 Å². The SMILES string of the molecule is O=C(O)c1ccc(C2(c3ccc(C(=O)O)c(C(=O)O)c3)C3CC4CC(C3)CC2C4)cc1C(=O)O. The highest BCUT2D eigenvalue weighted by molar-refractivity contribution is 6.02. The van der Waals surface area contributed by atoms with Crippen LogP contribution in [0.25, 0.3) is 0 Å². The van der Waals surface area contributed by atoms with Crippen LogP contribution < -0.4 is 0 Å². The maximum absolute atomic E-state index is 12.0. The second kappa shape index (κ2) is 7.68. The first kappa shape index (κ1) is 22.1. The highest BCUT2D eigenvalue weighted by Gasteiger charge is 2.58. The molecule has 0 radical (unpaired) electrons. The Kier molecular flexibility index (Phi) is 5.00. The molecule has 0 atom stereocenters. The smallest absolute Gasteiger partial charge is 0.336 e. The maximum Gasteiger partial charge on any atom is 0.336 e. The quantitative estimate of drug-likeness (QED) is 0.496. The predicted octanol–water partition coefficient (Wildman–Crippen LogP) is 4.22. The number of aromatic carboxylic acids is 4. The second-order valence-electron chi connectivity index (χ2n) is 9.91. The summed E-state index contributed by atoms with van der Waals surface area (Å²) in [7, 11) is 0. The minimum absolute atomic E-state index is 0.124. The van der Waals surface area contributed by atoms with Crippen LogP contribution in [0.3, 0.4) is 0 Å². The number of carboxylic acid groups (broad SMARTS) is 4. The molecular formula is C26H24O8. The summed E-state index contributed by atoms with van der Waals surface area (Å²) in [6.07, 6.45) is 4.83. The van der Waals surface area contributed by atoms with Crippen LogP contribution in [-0.2, 0) is 5.41 Å². The first-order chi connectivity index (χ1) is 16.1. The van der Waals surface area contributed by atoms with Crippen LogP contribution >= 0.6 is 0 Å². The minimum atomic E-state index is -1.34. The van der Waals surface area contributed by atoms with Gasteiger partial charge >= 0.3 is 23.9 Å². The van der Waals surface area contributed by atoms with E-state index < -0.39 is 29.3 Å². The highest BCUT2D eigenvalue weighted by Crippen LogP contribution is 2.65. The van der Waals surface area contributed by atoms with Crippen molar-refractivity contribution in [3.63, 3.8) is 0 Å². The van der Waals surface area contributed by atoms with E-state index in [9.17, 15) is 39.6 Å². The van der Waals surface area contributed by atoms with E-state index in [-0.39, 0.29) is 34.1 Å². The van der Waals surface area contributed by atoms with Gasteiger partial charge in [0.1, 0.15) is 0 Å². The fourth-order valence-corrected chi connectivity index (χ4v) is 7.37. The number of rotatable bonds is 6. The summed E-state index contributed by atoms with van der Waals surface area (Å²) in [6.45, 7) is 0. The Labute approximate surface area is 194 Å². The van der Waals surface area contributed by atoms with Gasteiger partial charge in [0.15, 0.2) is 0 Å². The summed E-state index contributed by atoms with van der Waals surface area (Å²) in [6, 6.07) is 8.81. The Morgan fingerprint density at radius 3 is 1.24 bits per heavy atom. The van der Waals surface area contributed by atoms with Crippen molar-refractivity contribution in [3.8, 4) is 0 Å². The Balaban J connectivity index is 1.78. The monoisotopic (exact) mass is 464 g/mol. The van der Waals surface area contributed by atoms with Gasteiger partial charge in [-0.05, 0) is 91.2 Å². The first-order valence-corrected chi connectivity index (χ1v) is 11.3. The van der Waals surface area contributed by atoms with E-state index in [1.54, 1.807) is 12.1 Å². The first-order valence-electron chi connectivity index (χ1n) is 11.3. The molecule has 34 heavy (non-hydrogen) atoms. The lowest BCUT2D eigenvalue weighted by atomic mass is 9.42. The van der Waals surface area contributed by atoms with Gasteiger partial charge in [-0.25, -0.2) is 19.2 Å². The third kappa shape index (κ3) is 3.12. The van der Waals surface area contributed by atoms with Crippen LogP contribution in [0.5, 0.6) is 0 Å². The lowest BCUT2D eigenvalue weighted by Crippen LogP contribution is -2.56. The van der Waals surface area contributed by atoms with E-state index in [1.165, 1.54) is 30.7 Å². The van der Waals surface area contributed by atoms with Crippen molar-refractivity contribution >= 4 is 23.9 Å². The van der Waals surface area contributed by atoms with Crippen LogP contribution in [0.15, 0.2) is 36.4 Å². The highest BCUT2D eigenvalue weighted by atomic mass is 16.4. The Hall–Kier alpha value is -3.68. The van der Waals surface area contributed by atoms with Crippen LogP contribution in [0.1, 0.15) is 84.7 Å². The van der Waals surface area contributed by atoms with Gasteiger partial charge < -0.3 is 20.4 Å². The van der Waals surface area contributed by atoms with Crippen LogP contribution in [0.2, 0.25) is 0 Å². The summed E-state index contributed by atoms with van der Waals surface area (Å²) in [5, 5.41) is 38.5. The van der Waals surface area contributed by atoms with Crippen molar-refractivity contribution in [2.45, 2.75) is 37.5 Å². The van der Waals surface area contributed by atoms with Gasteiger partial charge in [0.2, 0.25) is 0 Å². The van der Waals surface area contributed by atoms with Crippen molar-refractivity contribution in [2.75, 3.05) is 0 Å². The van der Waals surface area contributed by atoms with E-state index in [4.69, 9.17) is 0 Å². The largest absolute Gasteiger partial charge is 0.478 e. The molecule has 6 rings (SSSR count). The molecule has 0 saturated heterocycles. The number of benzene rings is 2. The molecule has 0 unspecified atom stereocenters. The van der Waals surface area contributed by atoms with E-state index in [2.05, 4.69) is 0 Å². The zero-order valence-corrected chi connectivity index (χ0v) is 18.2. The average molecular weight is 464 g/mol. The van der Waals surface area contributed by atoms with E-state index >= 15 is 0 Å². The van der Waals surface area contributed by atoms with Crippen molar-refractivity contribution < 1.29 is 39.6 Å². The predicted molar refractivity (Wildman–Crippen MR) is 119 cm³/mol. The number of carbonyl (C=O) groups is 4. The molecule has 8 heteroatoms. The fraction of sp³-hybridized carbons (Fsp3) is 0.385. The molecule has 0 amide bonds. The molecule has 0 aliphatic heterocycles. The van der Waals surface area contributed by atoms with E-state index in [1.807, 2.05) is 0 Å². The van der Waals surface area contributed by atoms with Gasteiger partial charge in [-0.3, -0.25) is 0 Å². The summed E-state index contributed by atoms with van der Waals surface area (Å²) >= 11 is 0. The third-order valence-corrected chi connectivity index (χ3v) is 8.34. The molecule has 0 heterocycles. The van der Waals surface area contributed by atoms with Crippen LogP contribution in [-0.4, -0.2) is 44.3 Å². The molecule has 4 saturated carbocycles. The lowest BCUT2D eigenvalue weighted by molar-refractivity contribution is -0.0419. The molecule has 4 aliphatic rings. The molecule has 4 bridgehead atoms. The Bertz CT molecular complexity index is 1140. The standard InChI is InChI=1S/C26H24O8/c27-22(28)18-3-1-14(10-20(18)24(31)32)26(16-6-12-5-13(8-16)9-17(26)7-12)15-2-4-19(23(29)30)21(11-15)25(33)34/h1-4,10-13,16-17H,5-9H2,(H,27,28)(H,29,30)(H,31,32)(H,33,34). The van der Waals surface area contributed by atoms with Crippen LogP contribution in [0, 0.1) is 23.7 Å². The average Bonchev–Trinajstić information content (AvgIpc) is 2.78. The van der Waals surface area contributed by atoms with Crippen molar-refractivity contribution in [2.24, 2.45) is 23.7 Å². The number of hydrogen-bond donors (Lipinski definition) is 4. The summed E-state index contributed by atoms with van der Waals surface area (Å²) in [5.41, 5.74) is -0.621. The molecule has 0 aromatic heterocycles. The summed E-state index contributed by atoms with van der Waals surface area (Å²) < 4.78 is 0. The molecule has 4 N–H and O–H groups in total. The maximum atomic E-state index is 12.0. The molecule has 176 valence electrons. The lowest BCUT2D eigenvalue weighted by Gasteiger charge is -2.62. The van der Waals surface area contributed by atoms with Crippen LogP contribution in [0.4, 0.5) is 0 Å². The summed E-state index contributed by atoms with van der Waals surface area (Å²) in [5.74, 6) is -3.98. The van der Waals surface area contributed by atoms with E-state index in [0.29, 0.717) is 23.0 Å². The zero-order valence-electron chi connectivity index (χ0n) is 18.2. The molecule has 2 aromatic rings. The topological polar surface area (TPSA) is 149 Å². The molecular weight excluding hydrogens is 440 g/mol. The molecule has 8 nitrogen and oxygen atoms in total. The molecule has 4 aliphatic carbocycles. The third-order valence-electron chi connectivity index (χ3n) is 8.34. The zero-order chi connectivity index (χ0) is 24.4. The molecule has 4 fully saturated rings. The fourth-order valence-electron chi connectivity index (χ4n) is 7.37. The van der Waals surface area contributed by atoms with Gasteiger partial charge in [0.05, 0.1) is 22.3 Å². The van der Waals surface area contributed by atoms with Crippen molar-refractivity contribution in [3.05, 3.63) is 69.8 Å². The number of hydrogen-bond acceptors (Lipinski definition) is 4. The van der Waals surface area contributed by atoms with Gasteiger partial charge in [-0.15, -0.1) is 0 Å². The molecule has 2 aromatic carbocycles. The Morgan fingerprint density at radius 2 is 0.912 bits per heavy atom. The van der Waals surface area contributed by atoms with Crippen molar-refractivity contribution in [1.29, 1.82) is 0 Å². The van der Waals surface area contributed by atoms with Gasteiger partial charge in [-0.1, -0.05) is 12.1 Å². The Morgan fingerprint density at radius 1 is 0.559 bits per heavy atom. The van der Waals surface area contributed by atoms with E-state index in [0.717, 1.165) is 25.7 Å². The normalized spacial score (nSPS) is 26.2. The minimum Gasteiger partial charge on any atom is -0.478 e. The number of carboxylic acids is 4. The van der Waals surface area contributed by atoms with Gasteiger partial charge in [-0.2, -0.15) is 0 Å². The van der Waals surface area contributed by atoms with Gasteiger partial charge in [0.25, 0.3) is 0 Å². The molecule has 0 spiro atoms. The second-order valence-corrected chi connectivity index (χ2v) is 9.91. The summed E-state index contributed by atoms with van der Waals surface area (Å²) in [4.78, 5) is 47.2. The van der Waals surface area contributed by atoms with Crippen molar-refractivity contribution in [1.82, 2.24) is 0 Å².